The minimum Gasteiger partial charge on any atom is -0.329 e. The average Bonchev–Trinajstić information content (AvgIpc) is 2.87. The van der Waals surface area contributed by atoms with Crippen molar-refractivity contribution in [3.8, 4) is 0 Å². The van der Waals surface area contributed by atoms with E-state index in [1.165, 1.54) is 13.0 Å². The molecule has 0 fully saturated rings. The van der Waals surface area contributed by atoms with E-state index in [-0.39, 0.29) is 0 Å². The molecule has 8 N–H and O–H groups in total. The van der Waals surface area contributed by atoms with Crippen molar-refractivity contribution in [2.75, 3.05) is 190 Å². The monoisotopic (exact) mass is 597 g/mol. The Morgan fingerprint density at radius 1 is 0.366 bits per heavy atom. The molecule has 0 spiro atoms. The number of nitrogens with zero attached hydrogens (tertiary/aromatic N) is 7. The highest BCUT2D eigenvalue weighted by atomic mass is 15.2. The maximum atomic E-state index is 5.38. The molecule has 0 aromatic heterocycles. The van der Waals surface area contributed by atoms with Crippen LogP contribution in [0.1, 0.15) is 6.42 Å². The molecule has 0 atom stereocenters. The number of nitrogens with one attached hydrogen (secondary N) is 2. The van der Waals surface area contributed by atoms with Crippen molar-refractivity contribution in [1.82, 2.24) is 44.9 Å². The maximum absolute atomic E-state index is 5.38. The fraction of sp³-hybridized carbons (Fsp3) is 1.00. The lowest BCUT2D eigenvalue weighted by molar-refractivity contribution is 0.287. The van der Waals surface area contributed by atoms with E-state index in [0.717, 1.165) is 85.1 Å². The topological polar surface area (TPSA) is 125 Å². The number of likely N-dealkylation sites (N-methyl/N-ethyl adjacent to an activating group) is 7. The Hall–Kier alpha value is -0.480. The summed E-state index contributed by atoms with van der Waals surface area (Å²) in [5.74, 6) is 0. The summed E-state index contributed by atoms with van der Waals surface area (Å²) < 4.78 is 0. The zero-order chi connectivity index (χ0) is 33.1. The summed E-state index contributed by atoms with van der Waals surface area (Å²) >= 11 is 0. The van der Waals surface area contributed by atoms with E-state index < -0.39 is 0 Å². The van der Waals surface area contributed by atoms with E-state index in [9.17, 15) is 0 Å². The van der Waals surface area contributed by atoms with E-state index in [2.05, 4.69) is 115 Å². The third-order valence-corrected chi connectivity index (χ3v) is 5.30. The molecule has 256 valence electrons. The molecule has 0 heterocycles. The first-order valence-electron chi connectivity index (χ1n) is 15.1. The summed E-state index contributed by atoms with van der Waals surface area (Å²) in [7, 11) is 28.8. The summed E-state index contributed by atoms with van der Waals surface area (Å²) in [5, 5.41) is 6.15. The molecule has 0 aliphatic rings. The highest BCUT2D eigenvalue weighted by Crippen LogP contribution is 1.82. The summed E-state index contributed by atoms with van der Waals surface area (Å²) in [6.45, 7) is 14.2. The standard InChI is InChI=1S/2C7H19N3.C6H16N2.C5H14N2.C4H12N2/c2*1-9(2)6-7-10(3)5-4-8;1-7-5-4-6-8(2)3;1-6-4-5-7(2)3;1-6(2)4-3-5/h2*4-8H2,1-3H3;7H,4-6H2,1-3H3;6H,4-5H2,1-3H3;3-5H2,1-2H3. The van der Waals surface area contributed by atoms with Crippen molar-refractivity contribution in [2.45, 2.75) is 6.42 Å². The predicted molar refractivity (Wildman–Crippen MR) is 187 cm³/mol. The van der Waals surface area contributed by atoms with Gasteiger partial charge in [-0.1, -0.05) is 0 Å². The Balaban J connectivity index is -0.000000133. The number of hydrogen-bond acceptors (Lipinski definition) is 12. The van der Waals surface area contributed by atoms with Gasteiger partial charge in [-0.05, 0) is 118 Å². The van der Waals surface area contributed by atoms with E-state index >= 15 is 0 Å². The van der Waals surface area contributed by atoms with Crippen molar-refractivity contribution in [1.29, 1.82) is 0 Å². The van der Waals surface area contributed by atoms with Crippen molar-refractivity contribution in [3.63, 3.8) is 0 Å². The van der Waals surface area contributed by atoms with Crippen LogP contribution in [0.15, 0.2) is 0 Å². The van der Waals surface area contributed by atoms with E-state index in [1.54, 1.807) is 0 Å². The fourth-order valence-corrected chi connectivity index (χ4v) is 2.57. The van der Waals surface area contributed by atoms with Crippen LogP contribution in [0.25, 0.3) is 0 Å². The molecule has 0 saturated carbocycles. The molecule has 0 aromatic rings. The zero-order valence-corrected chi connectivity index (χ0v) is 30.5. The molecule has 12 nitrogen and oxygen atoms in total. The average molecular weight is 597 g/mol. The van der Waals surface area contributed by atoms with Crippen LogP contribution in [-0.2, 0) is 0 Å². The van der Waals surface area contributed by atoms with Crippen molar-refractivity contribution in [3.05, 3.63) is 0 Å². The van der Waals surface area contributed by atoms with Gasteiger partial charge in [-0.25, -0.2) is 0 Å². The second-order valence-corrected chi connectivity index (χ2v) is 11.5. The molecule has 12 heteroatoms. The molecule has 0 amide bonds. The molecule has 0 bridgehead atoms. The van der Waals surface area contributed by atoms with Gasteiger partial charge >= 0.3 is 0 Å². The summed E-state index contributed by atoms with van der Waals surface area (Å²) in [6, 6.07) is 0. The summed E-state index contributed by atoms with van der Waals surface area (Å²) in [6.07, 6.45) is 1.24. The van der Waals surface area contributed by atoms with Crippen LogP contribution >= 0.6 is 0 Å². The van der Waals surface area contributed by atoms with E-state index in [0.29, 0.717) is 0 Å². The number of nitrogens with two attached hydrogens (primary N) is 3. The van der Waals surface area contributed by atoms with Gasteiger partial charge in [-0.15, -0.1) is 0 Å². The van der Waals surface area contributed by atoms with E-state index in [4.69, 9.17) is 17.2 Å². The van der Waals surface area contributed by atoms with Crippen molar-refractivity contribution < 1.29 is 0 Å². The van der Waals surface area contributed by atoms with Gasteiger partial charge in [0.1, 0.15) is 0 Å². The van der Waals surface area contributed by atoms with Gasteiger partial charge in [0.25, 0.3) is 0 Å². The van der Waals surface area contributed by atoms with Crippen LogP contribution in [-0.4, -0.2) is 225 Å². The highest BCUT2D eigenvalue weighted by Gasteiger charge is 1.96. The molecule has 0 unspecified atom stereocenters. The summed E-state index contributed by atoms with van der Waals surface area (Å²) in [5.41, 5.74) is 15.9. The Labute approximate surface area is 258 Å². The van der Waals surface area contributed by atoms with Gasteiger partial charge in [0.05, 0.1) is 0 Å². The van der Waals surface area contributed by atoms with Crippen LogP contribution in [0.5, 0.6) is 0 Å². The number of rotatable bonds is 19. The molecule has 0 saturated heterocycles. The normalized spacial score (nSPS) is 10.8. The van der Waals surface area contributed by atoms with Gasteiger partial charge in [0.2, 0.25) is 0 Å². The first-order chi connectivity index (χ1) is 19.1. The Morgan fingerprint density at radius 2 is 0.683 bits per heavy atom. The van der Waals surface area contributed by atoms with Crippen molar-refractivity contribution >= 4 is 0 Å². The van der Waals surface area contributed by atoms with Crippen LogP contribution in [0, 0.1) is 0 Å². The van der Waals surface area contributed by atoms with Gasteiger partial charge in [0, 0.05) is 78.5 Å². The second kappa shape index (κ2) is 41.7. The van der Waals surface area contributed by atoms with Gasteiger partial charge in [0.15, 0.2) is 0 Å². The van der Waals surface area contributed by atoms with Gasteiger partial charge in [-0.2, -0.15) is 0 Å². The highest BCUT2D eigenvalue weighted by molar-refractivity contribution is 4.54. The summed E-state index contributed by atoms with van der Waals surface area (Å²) in [4.78, 5) is 15.2. The molecular formula is C29H80N12. The lowest BCUT2D eigenvalue weighted by atomic mass is 10.4. The van der Waals surface area contributed by atoms with Gasteiger partial charge < -0.3 is 62.1 Å². The van der Waals surface area contributed by atoms with Crippen LogP contribution < -0.4 is 27.8 Å². The van der Waals surface area contributed by atoms with Crippen molar-refractivity contribution in [2.24, 2.45) is 17.2 Å². The molecule has 0 aliphatic heterocycles. The number of hydrogen-bond donors (Lipinski definition) is 5. The van der Waals surface area contributed by atoms with Crippen LogP contribution in [0.3, 0.4) is 0 Å². The SMILES string of the molecule is CN(C)CCN.CN(C)CCN(C)CCN.CN(C)CCN(C)CCN.CNCCCN(C)C.CNCCN(C)C. The fourth-order valence-electron chi connectivity index (χ4n) is 2.57. The molecule has 0 aromatic carbocycles. The molecule has 0 aliphatic carbocycles. The first-order valence-corrected chi connectivity index (χ1v) is 15.1. The Morgan fingerprint density at radius 3 is 0.878 bits per heavy atom. The minimum absolute atomic E-state index is 0.754. The van der Waals surface area contributed by atoms with Crippen LogP contribution in [0.4, 0.5) is 0 Å². The molecule has 0 radical (unpaired) electrons. The Bertz CT molecular complexity index is 405. The second-order valence-electron chi connectivity index (χ2n) is 11.5. The van der Waals surface area contributed by atoms with Gasteiger partial charge in [-0.3, -0.25) is 0 Å². The molecular weight excluding hydrogens is 516 g/mol. The third-order valence-electron chi connectivity index (χ3n) is 5.30. The Kier molecular flexibility index (Phi) is 51.0. The molecule has 0 rings (SSSR count). The third kappa shape index (κ3) is 73.5. The zero-order valence-electron chi connectivity index (χ0n) is 30.5. The van der Waals surface area contributed by atoms with Crippen LogP contribution in [0.2, 0.25) is 0 Å². The maximum Gasteiger partial charge on any atom is 0.0107 e. The lowest BCUT2D eigenvalue weighted by Gasteiger charge is -2.17. The minimum atomic E-state index is 0.754. The molecule has 41 heavy (non-hydrogen) atoms. The first kappa shape index (κ1) is 50.2. The van der Waals surface area contributed by atoms with E-state index in [1.807, 2.05) is 28.2 Å². The quantitative estimate of drug-likeness (QED) is 0.109. The largest absolute Gasteiger partial charge is 0.329 e. The lowest BCUT2D eigenvalue weighted by Crippen LogP contribution is -2.32. The predicted octanol–water partition coefficient (Wildman–Crippen LogP) is -1.69. The smallest absolute Gasteiger partial charge is 0.0107 e.